The molecule has 3 aromatic carbocycles. The van der Waals surface area contributed by atoms with Gasteiger partial charge in [-0.05, 0) is 36.8 Å². The highest BCUT2D eigenvalue weighted by molar-refractivity contribution is 8.23. The predicted octanol–water partition coefficient (Wildman–Crippen LogP) is 4.79. The van der Waals surface area contributed by atoms with E-state index in [1.807, 2.05) is 31.2 Å². The first-order valence-electron chi connectivity index (χ1n) is 10.1. The zero-order valence-corrected chi connectivity index (χ0v) is 18.3. The van der Waals surface area contributed by atoms with E-state index in [4.69, 9.17) is 0 Å². The molecule has 2 heterocycles. The van der Waals surface area contributed by atoms with Gasteiger partial charge >= 0.3 is 0 Å². The number of pyridine rings is 1. The van der Waals surface area contributed by atoms with Gasteiger partial charge in [0.05, 0.1) is 17.4 Å². The van der Waals surface area contributed by atoms with Gasteiger partial charge < -0.3 is 10.4 Å². The highest BCUT2D eigenvalue weighted by Crippen LogP contribution is 2.55. The number of hydrogen-bond donors (Lipinski definition) is 4. The Morgan fingerprint density at radius 3 is 2.48 bits per heavy atom. The van der Waals surface area contributed by atoms with Gasteiger partial charge in [0.15, 0.2) is 5.84 Å². The van der Waals surface area contributed by atoms with E-state index in [0.717, 1.165) is 11.1 Å². The monoisotopic (exact) mass is 460 g/mol. The van der Waals surface area contributed by atoms with Crippen LogP contribution in [0.25, 0.3) is 10.9 Å². The molecular weight excluding hydrogens is 440 g/mol. The van der Waals surface area contributed by atoms with Crippen molar-refractivity contribution in [2.24, 2.45) is 9.50 Å². The normalized spacial score (nSPS) is 15.7. The fraction of sp³-hybridized carbons (Fsp3) is 0.0417. The van der Waals surface area contributed by atoms with Crippen LogP contribution in [0.4, 0.5) is 5.69 Å². The van der Waals surface area contributed by atoms with Crippen molar-refractivity contribution in [3.63, 3.8) is 0 Å². The first-order chi connectivity index (χ1) is 15.8. The van der Waals surface area contributed by atoms with E-state index in [-0.39, 0.29) is 22.0 Å². The highest BCUT2D eigenvalue weighted by atomic mass is 32.3. The van der Waals surface area contributed by atoms with Crippen LogP contribution in [0, 0.1) is 6.92 Å². The van der Waals surface area contributed by atoms with Gasteiger partial charge in [-0.2, -0.15) is 9.78 Å². The largest absolute Gasteiger partial charge is 0.506 e. The van der Waals surface area contributed by atoms with Crippen LogP contribution < -0.4 is 10.9 Å². The van der Waals surface area contributed by atoms with Crippen LogP contribution in [-0.2, 0) is 0 Å². The van der Waals surface area contributed by atoms with E-state index in [1.165, 1.54) is 4.68 Å². The standard InChI is InChI=1S/C24H20N4O4S/c1-15-10-12-16(13-11-15)14-25-28-19-8-4-2-6-17(19)22(29)21(24(28)30)23-26-18-7-3-5-9-20(18)33(31,32)27-23/h2-14,29,31-32H,1H3,(H,26,27)/b25-14+. The minimum absolute atomic E-state index is 0.138. The van der Waals surface area contributed by atoms with Crippen molar-refractivity contribution in [1.82, 2.24) is 4.68 Å². The Bertz CT molecular complexity index is 1510. The summed E-state index contributed by atoms with van der Waals surface area (Å²) in [5.74, 6) is -0.459. The molecule has 0 radical (unpaired) electrons. The van der Waals surface area contributed by atoms with Gasteiger partial charge in [0, 0.05) is 5.39 Å². The van der Waals surface area contributed by atoms with E-state index >= 15 is 0 Å². The molecule has 0 unspecified atom stereocenters. The van der Waals surface area contributed by atoms with Crippen molar-refractivity contribution in [2.75, 3.05) is 5.32 Å². The summed E-state index contributed by atoms with van der Waals surface area (Å²) in [4.78, 5) is 13.7. The first-order valence-corrected chi connectivity index (χ1v) is 11.6. The minimum Gasteiger partial charge on any atom is -0.506 e. The summed E-state index contributed by atoms with van der Waals surface area (Å²) >= 11 is 0. The van der Waals surface area contributed by atoms with Gasteiger partial charge in [0.25, 0.3) is 5.56 Å². The minimum atomic E-state index is -3.57. The molecule has 0 amide bonds. The third-order valence-electron chi connectivity index (χ3n) is 5.32. The zero-order chi connectivity index (χ0) is 23.2. The fourth-order valence-corrected chi connectivity index (χ4v) is 4.82. The number of aromatic nitrogens is 1. The summed E-state index contributed by atoms with van der Waals surface area (Å²) in [6, 6.07) is 21.0. The number of fused-ring (bicyclic) bond motifs is 2. The summed E-state index contributed by atoms with van der Waals surface area (Å²) < 4.78 is 26.3. The van der Waals surface area contributed by atoms with E-state index in [1.54, 1.807) is 54.7 Å². The number of nitrogens with zero attached hydrogens (tertiary/aromatic N) is 3. The maximum absolute atomic E-state index is 13.5. The van der Waals surface area contributed by atoms with Crippen LogP contribution in [-0.4, -0.2) is 30.9 Å². The van der Waals surface area contributed by atoms with Gasteiger partial charge in [-0.3, -0.25) is 13.9 Å². The topological polar surface area (TPSA) is 119 Å². The summed E-state index contributed by atoms with van der Waals surface area (Å²) in [7, 11) is -3.57. The molecule has 5 rings (SSSR count). The summed E-state index contributed by atoms with van der Waals surface area (Å²) in [6.07, 6.45) is 1.55. The quantitative estimate of drug-likeness (QED) is 0.328. The van der Waals surface area contributed by atoms with Crippen molar-refractivity contribution in [3.05, 3.63) is 99.8 Å². The van der Waals surface area contributed by atoms with Gasteiger partial charge in [0.2, 0.25) is 0 Å². The summed E-state index contributed by atoms with van der Waals surface area (Å²) in [6.45, 7) is 1.98. The lowest BCUT2D eigenvalue weighted by atomic mass is 10.1. The summed E-state index contributed by atoms with van der Waals surface area (Å²) in [5, 5.41) is 18.7. The number of hydrogen-bond acceptors (Lipinski definition) is 7. The molecule has 4 N–H and O–H groups in total. The Hall–Kier alpha value is -3.92. The summed E-state index contributed by atoms with van der Waals surface area (Å²) in [5.41, 5.74) is 1.82. The lowest BCUT2D eigenvalue weighted by Gasteiger charge is -2.34. The molecule has 166 valence electrons. The van der Waals surface area contributed by atoms with Crippen LogP contribution >= 0.6 is 10.8 Å². The molecule has 0 atom stereocenters. The number of aromatic hydroxyl groups is 1. The Kier molecular flexibility index (Phi) is 5.01. The van der Waals surface area contributed by atoms with Gasteiger partial charge in [-0.1, -0.05) is 64.9 Å². The molecule has 1 aliphatic heterocycles. The number of benzene rings is 3. The fourth-order valence-electron chi connectivity index (χ4n) is 3.66. The second-order valence-corrected chi connectivity index (χ2v) is 9.25. The molecule has 0 spiro atoms. The molecule has 4 aromatic rings. The molecule has 0 aliphatic carbocycles. The van der Waals surface area contributed by atoms with Crippen LogP contribution in [0.3, 0.4) is 0 Å². The molecule has 9 heteroatoms. The molecule has 0 fully saturated rings. The number of aryl methyl sites for hydroxylation is 1. The third-order valence-corrected chi connectivity index (χ3v) is 6.70. The van der Waals surface area contributed by atoms with Crippen LogP contribution in [0.15, 0.2) is 92.0 Å². The number of nitrogens with one attached hydrogen (secondary N) is 1. The van der Waals surface area contributed by atoms with Crippen LogP contribution in [0.1, 0.15) is 16.7 Å². The molecule has 0 saturated carbocycles. The molecule has 33 heavy (non-hydrogen) atoms. The molecule has 0 bridgehead atoms. The van der Waals surface area contributed by atoms with Crippen molar-refractivity contribution in [3.8, 4) is 5.75 Å². The lowest BCUT2D eigenvalue weighted by Crippen LogP contribution is -2.31. The predicted molar refractivity (Wildman–Crippen MR) is 132 cm³/mol. The number of anilines is 1. The molecule has 1 aliphatic rings. The van der Waals surface area contributed by atoms with E-state index in [2.05, 4.69) is 14.8 Å². The first kappa shape index (κ1) is 21.0. The maximum Gasteiger partial charge on any atom is 0.286 e. The number of rotatable bonds is 3. The smallest absolute Gasteiger partial charge is 0.286 e. The van der Waals surface area contributed by atoms with Crippen LogP contribution in [0.5, 0.6) is 5.75 Å². The molecule has 0 saturated heterocycles. The van der Waals surface area contributed by atoms with E-state index in [0.29, 0.717) is 16.6 Å². The maximum atomic E-state index is 13.5. The molecule has 8 nitrogen and oxygen atoms in total. The van der Waals surface area contributed by atoms with Crippen molar-refractivity contribution in [2.45, 2.75) is 11.8 Å². The SMILES string of the molecule is Cc1ccc(/C=N/n2c(=O)c(C3=NS(O)(O)c4ccccc4N3)c(O)c3ccccc32)cc1. The lowest BCUT2D eigenvalue weighted by molar-refractivity contribution is 0.478. The second-order valence-electron chi connectivity index (χ2n) is 7.59. The van der Waals surface area contributed by atoms with Crippen molar-refractivity contribution < 1.29 is 14.2 Å². The average molecular weight is 461 g/mol. The van der Waals surface area contributed by atoms with Crippen molar-refractivity contribution >= 4 is 39.4 Å². The Morgan fingerprint density at radius 2 is 1.70 bits per heavy atom. The highest BCUT2D eigenvalue weighted by Gasteiger charge is 2.30. The van der Waals surface area contributed by atoms with Gasteiger partial charge in [-0.15, -0.1) is 4.40 Å². The van der Waals surface area contributed by atoms with E-state index in [9.17, 15) is 19.0 Å². The average Bonchev–Trinajstić information content (AvgIpc) is 2.80. The Morgan fingerprint density at radius 1 is 1.00 bits per heavy atom. The second kappa shape index (κ2) is 7.89. The van der Waals surface area contributed by atoms with Gasteiger partial charge in [0.1, 0.15) is 16.2 Å². The number of para-hydroxylation sites is 2. The van der Waals surface area contributed by atoms with Crippen LogP contribution in [0.2, 0.25) is 0 Å². The van der Waals surface area contributed by atoms with E-state index < -0.39 is 16.3 Å². The van der Waals surface area contributed by atoms with Gasteiger partial charge in [-0.25, -0.2) is 0 Å². The number of amidine groups is 1. The molecular formula is C24H20N4O4S. The zero-order valence-electron chi connectivity index (χ0n) is 17.5. The van der Waals surface area contributed by atoms with Crippen molar-refractivity contribution in [1.29, 1.82) is 0 Å². The molecule has 1 aromatic heterocycles. The Labute approximate surface area is 190 Å². The Balaban J connectivity index is 1.72. The third kappa shape index (κ3) is 3.68.